The number of aryl methyl sites for hydroxylation is 1. The van der Waals surface area contributed by atoms with Gasteiger partial charge in [-0.15, -0.1) is 0 Å². The molecule has 2 N–H and O–H groups in total. The van der Waals surface area contributed by atoms with Crippen molar-refractivity contribution in [3.8, 4) is 0 Å². The fraction of sp³-hybridized carbons (Fsp3) is 0.0909. The molecule has 1 aromatic heterocycles. The molecule has 0 saturated heterocycles. The number of hydrogen-bond donors (Lipinski definition) is 2. The fourth-order valence-corrected chi connectivity index (χ4v) is 3.33. The number of nitrogens with one attached hydrogen (secondary N) is 2. The van der Waals surface area contributed by atoms with Crippen molar-refractivity contribution in [2.45, 2.75) is 13.5 Å². The van der Waals surface area contributed by atoms with Crippen molar-refractivity contribution in [2.75, 3.05) is 10.6 Å². The predicted molar refractivity (Wildman–Crippen MR) is 116 cm³/mol. The maximum absolute atomic E-state index is 5.47. The number of benzene rings is 3. The maximum atomic E-state index is 5.47. The van der Waals surface area contributed by atoms with E-state index in [0.29, 0.717) is 5.11 Å². The Kier molecular flexibility index (Phi) is 4.85. The highest BCUT2D eigenvalue weighted by Crippen LogP contribution is 2.23. The Morgan fingerprint density at radius 2 is 1.78 bits per heavy atom. The molecule has 3 aromatic carbocycles. The lowest BCUT2D eigenvalue weighted by Gasteiger charge is -2.11. The molecule has 0 spiro atoms. The van der Waals surface area contributed by atoms with Gasteiger partial charge >= 0.3 is 0 Å². The SMILES string of the molecule is Cc1cccc(Cn2ccc(NC(=S)Nc3cccc4ccccc34)n2)c1. The Hall–Kier alpha value is -3.18. The first-order valence-electron chi connectivity index (χ1n) is 8.82. The minimum Gasteiger partial charge on any atom is -0.332 e. The van der Waals surface area contributed by atoms with Crippen molar-refractivity contribution in [1.82, 2.24) is 9.78 Å². The molecule has 0 atom stereocenters. The van der Waals surface area contributed by atoms with E-state index in [1.54, 1.807) is 0 Å². The molecule has 0 saturated carbocycles. The van der Waals surface area contributed by atoms with Crippen molar-refractivity contribution in [1.29, 1.82) is 0 Å². The third-order valence-electron chi connectivity index (χ3n) is 4.35. The van der Waals surface area contributed by atoms with Crippen LogP contribution in [0, 0.1) is 6.92 Å². The second-order valence-corrected chi connectivity index (χ2v) is 6.90. The van der Waals surface area contributed by atoms with E-state index >= 15 is 0 Å². The molecular weight excluding hydrogens is 352 g/mol. The largest absolute Gasteiger partial charge is 0.332 e. The van der Waals surface area contributed by atoms with Gasteiger partial charge in [0, 0.05) is 23.3 Å². The van der Waals surface area contributed by atoms with Gasteiger partial charge in [-0.25, -0.2) is 0 Å². The smallest absolute Gasteiger partial charge is 0.176 e. The Labute approximate surface area is 163 Å². The van der Waals surface area contributed by atoms with Crippen molar-refractivity contribution >= 4 is 39.6 Å². The van der Waals surface area contributed by atoms with E-state index < -0.39 is 0 Å². The molecule has 0 aliphatic heterocycles. The molecule has 134 valence electrons. The van der Waals surface area contributed by atoms with E-state index in [2.05, 4.69) is 65.1 Å². The summed E-state index contributed by atoms with van der Waals surface area (Å²) in [6.45, 7) is 2.82. The number of aromatic nitrogens is 2. The van der Waals surface area contributed by atoms with Gasteiger partial charge in [-0.05, 0) is 36.2 Å². The van der Waals surface area contributed by atoms with Crippen molar-refractivity contribution in [3.63, 3.8) is 0 Å². The molecule has 0 unspecified atom stereocenters. The second-order valence-electron chi connectivity index (χ2n) is 6.49. The van der Waals surface area contributed by atoms with Crippen LogP contribution in [-0.4, -0.2) is 14.9 Å². The van der Waals surface area contributed by atoms with Gasteiger partial charge in [-0.2, -0.15) is 5.10 Å². The van der Waals surface area contributed by atoms with Gasteiger partial charge in [-0.1, -0.05) is 66.2 Å². The van der Waals surface area contributed by atoms with Crippen LogP contribution in [0.25, 0.3) is 10.8 Å². The van der Waals surface area contributed by atoms with Gasteiger partial charge in [0.25, 0.3) is 0 Å². The highest BCUT2D eigenvalue weighted by molar-refractivity contribution is 7.80. The molecule has 0 radical (unpaired) electrons. The number of fused-ring (bicyclic) bond motifs is 1. The maximum Gasteiger partial charge on any atom is 0.176 e. The van der Waals surface area contributed by atoms with E-state index in [9.17, 15) is 0 Å². The molecule has 0 aliphatic rings. The monoisotopic (exact) mass is 372 g/mol. The minimum absolute atomic E-state index is 0.521. The summed E-state index contributed by atoms with van der Waals surface area (Å²) in [6, 6.07) is 24.7. The summed E-state index contributed by atoms with van der Waals surface area (Å²) < 4.78 is 1.90. The van der Waals surface area contributed by atoms with Crippen molar-refractivity contribution in [3.05, 3.63) is 90.1 Å². The number of hydrogen-bond acceptors (Lipinski definition) is 2. The summed E-state index contributed by atoms with van der Waals surface area (Å²) in [7, 11) is 0. The zero-order chi connectivity index (χ0) is 18.6. The van der Waals surface area contributed by atoms with Crippen LogP contribution >= 0.6 is 12.2 Å². The Morgan fingerprint density at radius 1 is 0.963 bits per heavy atom. The number of rotatable bonds is 4. The van der Waals surface area contributed by atoms with E-state index in [0.717, 1.165) is 23.4 Å². The van der Waals surface area contributed by atoms with Crippen LogP contribution in [0.1, 0.15) is 11.1 Å². The molecule has 4 nitrogen and oxygen atoms in total. The summed E-state index contributed by atoms with van der Waals surface area (Å²) in [6.07, 6.45) is 1.95. The van der Waals surface area contributed by atoms with Gasteiger partial charge in [0.05, 0.1) is 6.54 Å². The van der Waals surface area contributed by atoms with Gasteiger partial charge in [0.1, 0.15) is 0 Å². The predicted octanol–water partition coefficient (Wildman–Crippen LogP) is 5.20. The highest BCUT2D eigenvalue weighted by atomic mass is 32.1. The van der Waals surface area contributed by atoms with Crippen LogP contribution < -0.4 is 10.6 Å². The van der Waals surface area contributed by atoms with Gasteiger partial charge in [0.2, 0.25) is 0 Å². The zero-order valence-electron chi connectivity index (χ0n) is 15.0. The Bertz CT molecular complexity index is 1090. The molecule has 4 aromatic rings. The summed E-state index contributed by atoms with van der Waals surface area (Å²) in [5, 5.41) is 13.8. The van der Waals surface area contributed by atoms with E-state index in [-0.39, 0.29) is 0 Å². The number of thiocarbonyl (C=S) groups is 1. The molecule has 0 bridgehead atoms. The van der Waals surface area contributed by atoms with Gasteiger partial charge in [-0.3, -0.25) is 4.68 Å². The van der Waals surface area contributed by atoms with Gasteiger partial charge in [0.15, 0.2) is 10.9 Å². The standard InChI is InChI=1S/C22H20N4S/c1-16-6-4-7-17(14-16)15-26-13-12-21(25-26)24-22(27)23-20-11-5-9-18-8-2-3-10-19(18)20/h2-14H,15H2,1H3,(H2,23,24,25,27). The summed E-state index contributed by atoms with van der Waals surface area (Å²) in [5.41, 5.74) is 3.45. The normalized spacial score (nSPS) is 10.7. The van der Waals surface area contributed by atoms with Crippen LogP contribution in [0.3, 0.4) is 0 Å². The van der Waals surface area contributed by atoms with Crippen molar-refractivity contribution in [2.24, 2.45) is 0 Å². The molecular formula is C22H20N4S. The lowest BCUT2D eigenvalue weighted by Crippen LogP contribution is -2.19. The topological polar surface area (TPSA) is 41.9 Å². The van der Waals surface area contributed by atoms with E-state index in [1.807, 2.05) is 41.2 Å². The minimum atomic E-state index is 0.521. The molecule has 0 amide bonds. The van der Waals surface area contributed by atoms with Crippen LogP contribution in [0.4, 0.5) is 11.5 Å². The summed E-state index contributed by atoms with van der Waals surface area (Å²) in [5.74, 6) is 0.723. The van der Waals surface area contributed by atoms with E-state index in [1.165, 1.54) is 16.5 Å². The van der Waals surface area contributed by atoms with Crippen LogP contribution in [0.2, 0.25) is 0 Å². The summed E-state index contributed by atoms with van der Waals surface area (Å²) in [4.78, 5) is 0. The molecule has 0 fully saturated rings. The Balaban J connectivity index is 1.43. The molecule has 1 heterocycles. The van der Waals surface area contributed by atoms with Crippen LogP contribution in [0.15, 0.2) is 79.0 Å². The van der Waals surface area contributed by atoms with Crippen molar-refractivity contribution < 1.29 is 0 Å². The first kappa shape index (κ1) is 17.2. The first-order chi connectivity index (χ1) is 13.2. The second kappa shape index (κ2) is 7.60. The molecule has 0 aliphatic carbocycles. The molecule has 27 heavy (non-hydrogen) atoms. The number of anilines is 2. The average Bonchev–Trinajstić information content (AvgIpc) is 3.08. The fourth-order valence-electron chi connectivity index (χ4n) is 3.12. The average molecular weight is 372 g/mol. The van der Waals surface area contributed by atoms with Crippen LogP contribution in [0.5, 0.6) is 0 Å². The first-order valence-corrected chi connectivity index (χ1v) is 9.23. The third kappa shape index (κ3) is 4.15. The van der Waals surface area contributed by atoms with Gasteiger partial charge < -0.3 is 10.6 Å². The van der Waals surface area contributed by atoms with E-state index in [4.69, 9.17) is 12.2 Å². The quantitative estimate of drug-likeness (QED) is 0.483. The lowest BCUT2D eigenvalue weighted by molar-refractivity contribution is 0.689. The molecule has 5 heteroatoms. The van der Waals surface area contributed by atoms with Crippen LogP contribution in [-0.2, 0) is 6.54 Å². The number of nitrogens with zero attached hydrogens (tertiary/aromatic N) is 2. The third-order valence-corrected chi connectivity index (χ3v) is 4.55. The summed E-state index contributed by atoms with van der Waals surface area (Å²) >= 11 is 5.47. The molecule has 4 rings (SSSR count). The highest BCUT2D eigenvalue weighted by Gasteiger charge is 2.05. The lowest BCUT2D eigenvalue weighted by atomic mass is 10.1. The Morgan fingerprint density at radius 3 is 2.67 bits per heavy atom. The zero-order valence-corrected chi connectivity index (χ0v) is 15.8.